The zero-order valence-corrected chi connectivity index (χ0v) is 14.3. The van der Waals surface area contributed by atoms with Crippen LogP contribution in [0.15, 0.2) is 30.3 Å². The first-order chi connectivity index (χ1) is 10.5. The van der Waals surface area contributed by atoms with E-state index in [2.05, 4.69) is 61.4 Å². The third kappa shape index (κ3) is 3.70. The Labute approximate surface area is 135 Å². The minimum atomic E-state index is -0.0268. The molecule has 3 nitrogen and oxygen atoms in total. The summed E-state index contributed by atoms with van der Waals surface area (Å²) in [6.07, 6.45) is 4.82. The van der Waals surface area contributed by atoms with Crippen molar-refractivity contribution in [1.82, 2.24) is 10.2 Å². The molecule has 0 unspecified atom stereocenters. The molecule has 3 rings (SSSR count). The normalized spacial score (nSPS) is 31.5. The molecule has 1 aliphatic heterocycles. The summed E-state index contributed by atoms with van der Waals surface area (Å²) in [4.78, 5) is 2.52. The number of hydrogen-bond acceptors (Lipinski definition) is 3. The Balaban J connectivity index is 1.55. The first kappa shape index (κ1) is 16.0. The molecule has 2 aliphatic rings. The predicted octanol–water partition coefficient (Wildman–Crippen LogP) is 3.20. The smallest absolute Gasteiger partial charge is 0.0815 e. The van der Waals surface area contributed by atoms with E-state index in [1.54, 1.807) is 0 Å². The van der Waals surface area contributed by atoms with Crippen LogP contribution in [0, 0.1) is 0 Å². The summed E-state index contributed by atoms with van der Waals surface area (Å²) in [7, 11) is 2.26. The number of rotatable bonds is 3. The Hall–Kier alpha value is -0.900. The number of morpholine rings is 1. The van der Waals surface area contributed by atoms with Gasteiger partial charge in [-0.1, -0.05) is 30.3 Å². The highest BCUT2D eigenvalue weighted by Gasteiger charge is 2.43. The maximum atomic E-state index is 6.47. The largest absolute Gasteiger partial charge is 0.366 e. The highest BCUT2D eigenvalue weighted by molar-refractivity contribution is 5.14. The molecule has 122 valence electrons. The van der Waals surface area contributed by atoms with Gasteiger partial charge >= 0.3 is 0 Å². The molecule has 0 aromatic heterocycles. The third-order valence-corrected chi connectivity index (χ3v) is 5.26. The Kier molecular flexibility index (Phi) is 4.58. The average molecular weight is 302 g/mol. The van der Waals surface area contributed by atoms with Crippen LogP contribution in [0.1, 0.15) is 45.1 Å². The minimum Gasteiger partial charge on any atom is -0.366 e. The monoisotopic (exact) mass is 302 g/mol. The second kappa shape index (κ2) is 6.31. The molecule has 2 fully saturated rings. The molecule has 1 aliphatic carbocycles. The second-order valence-electron chi connectivity index (χ2n) is 7.78. The SMILES string of the molecule is CN(Cc1ccccc1)[C@H]1CC[C@@]2(CC1)CNCC(C)(C)O2. The molecule has 1 saturated heterocycles. The summed E-state index contributed by atoms with van der Waals surface area (Å²) in [5.41, 5.74) is 1.45. The van der Waals surface area contributed by atoms with Crippen LogP contribution < -0.4 is 5.32 Å². The quantitative estimate of drug-likeness (QED) is 0.928. The lowest BCUT2D eigenvalue weighted by molar-refractivity contribution is -0.180. The predicted molar refractivity (Wildman–Crippen MR) is 90.9 cm³/mol. The van der Waals surface area contributed by atoms with Crippen molar-refractivity contribution >= 4 is 0 Å². The lowest BCUT2D eigenvalue weighted by Crippen LogP contribution is -2.60. The van der Waals surface area contributed by atoms with E-state index in [9.17, 15) is 0 Å². The van der Waals surface area contributed by atoms with Gasteiger partial charge in [0.15, 0.2) is 0 Å². The van der Waals surface area contributed by atoms with E-state index >= 15 is 0 Å². The van der Waals surface area contributed by atoms with E-state index in [4.69, 9.17) is 4.74 Å². The first-order valence-corrected chi connectivity index (χ1v) is 8.63. The summed E-state index contributed by atoms with van der Waals surface area (Å²) >= 11 is 0. The van der Waals surface area contributed by atoms with E-state index < -0.39 is 0 Å². The molecule has 1 aromatic carbocycles. The summed E-state index contributed by atoms with van der Waals surface area (Å²) in [6, 6.07) is 11.5. The zero-order chi connectivity index (χ0) is 15.6. The van der Waals surface area contributed by atoms with Crippen LogP contribution in [0.2, 0.25) is 0 Å². The molecule has 3 heteroatoms. The van der Waals surface area contributed by atoms with Gasteiger partial charge in [-0.2, -0.15) is 0 Å². The van der Waals surface area contributed by atoms with Crippen molar-refractivity contribution in [3.8, 4) is 0 Å². The molecule has 1 N–H and O–H groups in total. The van der Waals surface area contributed by atoms with Crippen molar-refractivity contribution in [2.75, 3.05) is 20.1 Å². The van der Waals surface area contributed by atoms with Crippen LogP contribution >= 0.6 is 0 Å². The summed E-state index contributed by atoms with van der Waals surface area (Å²) in [5.74, 6) is 0. The molecule has 0 bridgehead atoms. The van der Waals surface area contributed by atoms with Gasteiger partial charge < -0.3 is 10.1 Å². The molecule has 0 atom stereocenters. The highest BCUT2D eigenvalue weighted by Crippen LogP contribution is 2.38. The first-order valence-electron chi connectivity index (χ1n) is 8.63. The van der Waals surface area contributed by atoms with Crippen LogP contribution in [0.25, 0.3) is 0 Å². The van der Waals surface area contributed by atoms with Gasteiger partial charge in [-0.05, 0) is 52.1 Å². The number of hydrogen-bond donors (Lipinski definition) is 1. The maximum Gasteiger partial charge on any atom is 0.0815 e. The number of nitrogens with one attached hydrogen (secondary N) is 1. The summed E-state index contributed by atoms with van der Waals surface area (Å²) < 4.78 is 6.47. The molecule has 0 amide bonds. The van der Waals surface area contributed by atoms with E-state index in [1.807, 2.05) is 0 Å². The fourth-order valence-electron chi connectivity index (χ4n) is 4.10. The average Bonchev–Trinajstić information content (AvgIpc) is 2.47. The van der Waals surface area contributed by atoms with Crippen molar-refractivity contribution in [3.63, 3.8) is 0 Å². The minimum absolute atomic E-state index is 0.0268. The Bertz CT molecular complexity index is 477. The van der Waals surface area contributed by atoms with Gasteiger partial charge in [-0.15, -0.1) is 0 Å². The van der Waals surface area contributed by atoms with Crippen LogP contribution in [0.5, 0.6) is 0 Å². The van der Waals surface area contributed by atoms with Gasteiger partial charge in [0, 0.05) is 25.7 Å². The molecule has 1 aromatic rings. The van der Waals surface area contributed by atoms with Crippen molar-refractivity contribution in [3.05, 3.63) is 35.9 Å². The fraction of sp³-hybridized carbons (Fsp3) is 0.684. The van der Waals surface area contributed by atoms with Gasteiger partial charge in [-0.3, -0.25) is 4.90 Å². The van der Waals surface area contributed by atoms with Crippen molar-refractivity contribution in [1.29, 1.82) is 0 Å². The fourth-order valence-corrected chi connectivity index (χ4v) is 4.10. The third-order valence-electron chi connectivity index (χ3n) is 5.26. The topological polar surface area (TPSA) is 24.5 Å². The maximum absolute atomic E-state index is 6.47. The zero-order valence-electron chi connectivity index (χ0n) is 14.3. The Morgan fingerprint density at radius 2 is 1.82 bits per heavy atom. The highest BCUT2D eigenvalue weighted by atomic mass is 16.5. The lowest BCUT2D eigenvalue weighted by atomic mass is 9.79. The Morgan fingerprint density at radius 3 is 2.45 bits per heavy atom. The second-order valence-corrected chi connectivity index (χ2v) is 7.78. The van der Waals surface area contributed by atoms with Crippen molar-refractivity contribution < 1.29 is 4.74 Å². The summed E-state index contributed by atoms with van der Waals surface area (Å²) in [5, 5.41) is 3.58. The van der Waals surface area contributed by atoms with E-state index in [-0.39, 0.29) is 11.2 Å². The van der Waals surface area contributed by atoms with Crippen LogP contribution in [-0.2, 0) is 11.3 Å². The molecule has 1 heterocycles. The number of nitrogens with zero attached hydrogens (tertiary/aromatic N) is 1. The van der Waals surface area contributed by atoms with Crippen LogP contribution in [0.3, 0.4) is 0 Å². The molecular formula is C19H30N2O. The number of ether oxygens (including phenoxy) is 1. The molecule has 1 saturated carbocycles. The molecule has 22 heavy (non-hydrogen) atoms. The van der Waals surface area contributed by atoms with E-state index in [1.165, 1.54) is 31.2 Å². The van der Waals surface area contributed by atoms with Gasteiger partial charge in [0.2, 0.25) is 0 Å². The van der Waals surface area contributed by atoms with Crippen LogP contribution in [-0.4, -0.2) is 42.3 Å². The summed E-state index contributed by atoms with van der Waals surface area (Å²) in [6.45, 7) is 7.43. The van der Waals surface area contributed by atoms with Crippen LogP contribution in [0.4, 0.5) is 0 Å². The van der Waals surface area contributed by atoms with Gasteiger partial charge in [0.25, 0.3) is 0 Å². The van der Waals surface area contributed by atoms with E-state index in [0.717, 1.165) is 19.6 Å². The lowest BCUT2D eigenvalue weighted by Gasteiger charge is -2.50. The Morgan fingerprint density at radius 1 is 1.14 bits per heavy atom. The van der Waals surface area contributed by atoms with Gasteiger partial charge in [0.05, 0.1) is 11.2 Å². The molecule has 0 radical (unpaired) electrons. The standard InChI is InChI=1S/C19H30N2O/c1-18(2)14-20-15-19(22-18)11-9-17(10-12-19)21(3)13-16-7-5-4-6-8-16/h4-8,17,20H,9-15H2,1-3H3/t17-,19+. The molecular weight excluding hydrogens is 272 g/mol. The van der Waals surface area contributed by atoms with Crippen molar-refractivity contribution in [2.45, 2.75) is 63.3 Å². The van der Waals surface area contributed by atoms with E-state index in [0.29, 0.717) is 6.04 Å². The number of benzene rings is 1. The van der Waals surface area contributed by atoms with Crippen molar-refractivity contribution in [2.24, 2.45) is 0 Å². The van der Waals surface area contributed by atoms with Gasteiger partial charge in [0.1, 0.15) is 0 Å². The van der Waals surface area contributed by atoms with Gasteiger partial charge in [-0.25, -0.2) is 0 Å². The molecule has 1 spiro atoms.